The number of aromatic amines is 1. The SMILES string of the molecule is CC(C)c1[nH]nc(Cl)c1C(N)CO. The van der Waals surface area contributed by atoms with Gasteiger partial charge in [-0.05, 0) is 5.92 Å². The van der Waals surface area contributed by atoms with Gasteiger partial charge in [0.15, 0.2) is 5.15 Å². The van der Waals surface area contributed by atoms with E-state index in [0.717, 1.165) is 11.3 Å². The van der Waals surface area contributed by atoms with Crippen LogP contribution in [-0.2, 0) is 0 Å². The van der Waals surface area contributed by atoms with Gasteiger partial charge in [-0.3, -0.25) is 5.10 Å². The van der Waals surface area contributed by atoms with Crippen LogP contribution in [-0.4, -0.2) is 21.9 Å². The number of nitrogens with zero attached hydrogens (tertiary/aromatic N) is 1. The summed E-state index contributed by atoms with van der Waals surface area (Å²) in [5.41, 5.74) is 7.30. The van der Waals surface area contributed by atoms with E-state index in [1.807, 2.05) is 13.8 Å². The molecule has 0 aromatic carbocycles. The molecular weight excluding hydrogens is 190 g/mol. The molecule has 0 amide bonds. The number of halogens is 1. The molecule has 0 saturated carbocycles. The predicted molar refractivity (Wildman–Crippen MR) is 51.7 cm³/mol. The molecule has 1 atom stereocenters. The van der Waals surface area contributed by atoms with Gasteiger partial charge in [0.25, 0.3) is 0 Å². The summed E-state index contributed by atoms with van der Waals surface area (Å²) in [5.74, 6) is 0.271. The molecular formula is C8H14ClN3O. The fourth-order valence-electron chi connectivity index (χ4n) is 1.22. The Morgan fingerprint density at radius 3 is 2.69 bits per heavy atom. The summed E-state index contributed by atoms with van der Waals surface area (Å²) in [6.45, 7) is 3.90. The van der Waals surface area contributed by atoms with Crippen molar-refractivity contribution in [1.29, 1.82) is 0 Å². The smallest absolute Gasteiger partial charge is 0.155 e. The fraction of sp³-hybridized carbons (Fsp3) is 0.625. The highest BCUT2D eigenvalue weighted by Gasteiger charge is 2.19. The van der Waals surface area contributed by atoms with Gasteiger partial charge in [0.05, 0.1) is 12.6 Å². The molecule has 0 radical (unpaired) electrons. The largest absolute Gasteiger partial charge is 0.394 e. The Balaban J connectivity index is 3.08. The average Bonchev–Trinajstić information content (AvgIpc) is 2.46. The van der Waals surface area contributed by atoms with E-state index in [1.54, 1.807) is 0 Å². The highest BCUT2D eigenvalue weighted by molar-refractivity contribution is 6.30. The lowest BCUT2D eigenvalue weighted by Crippen LogP contribution is -2.16. The minimum Gasteiger partial charge on any atom is -0.394 e. The van der Waals surface area contributed by atoms with E-state index in [1.165, 1.54) is 0 Å². The Morgan fingerprint density at radius 2 is 2.23 bits per heavy atom. The van der Waals surface area contributed by atoms with Gasteiger partial charge in [-0.25, -0.2) is 0 Å². The lowest BCUT2D eigenvalue weighted by molar-refractivity contribution is 0.267. The topological polar surface area (TPSA) is 74.9 Å². The van der Waals surface area contributed by atoms with E-state index in [2.05, 4.69) is 10.2 Å². The van der Waals surface area contributed by atoms with Gasteiger partial charge in [0.1, 0.15) is 0 Å². The molecule has 0 fully saturated rings. The number of nitrogens with two attached hydrogens (primary N) is 1. The number of aliphatic hydroxyl groups is 1. The van der Waals surface area contributed by atoms with Crippen molar-refractivity contribution in [2.75, 3.05) is 6.61 Å². The molecule has 0 saturated heterocycles. The third kappa shape index (κ3) is 2.02. The molecule has 1 heterocycles. The van der Waals surface area contributed by atoms with Gasteiger partial charge in [-0.2, -0.15) is 5.10 Å². The Kier molecular flexibility index (Phi) is 3.30. The van der Waals surface area contributed by atoms with Gasteiger partial charge in [0, 0.05) is 11.3 Å². The van der Waals surface area contributed by atoms with Gasteiger partial charge in [-0.15, -0.1) is 0 Å². The first-order valence-corrected chi connectivity index (χ1v) is 4.55. The van der Waals surface area contributed by atoms with Crippen LogP contribution in [0.3, 0.4) is 0 Å². The fourth-order valence-corrected chi connectivity index (χ4v) is 1.51. The molecule has 4 N–H and O–H groups in total. The normalized spacial score (nSPS) is 13.7. The van der Waals surface area contributed by atoms with Crippen LogP contribution in [0.5, 0.6) is 0 Å². The van der Waals surface area contributed by atoms with Crippen molar-refractivity contribution < 1.29 is 5.11 Å². The van der Waals surface area contributed by atoms with Crippen LogP contribution in [0, 0.1) is 0 Å². The number of rotatable bonds is 3. The summed E-state index contributed by atoms with van der Waals surface area (Å²) in [6.07, 6.45) is 0. The van der Waals surface area contributed by atoms with Gasteiger partial charge >= 0.3 is 0 Å². The van der Waals surface area contributed by atoms with Crippen molar-refractivity contribution in [3.63, 3.8) is 0 Å². The van der Waals surface area contributed by atoms with E-state index in [-0.39, 0.29) is 12.5 Å². The summed E-state index contributed by atoms with van der Waals surface area (Å²) >= 11 is 5.83. The summed E-state index contributed by atoms with van der Waals surface area (Å²) in [6, 6.07) is -0.455. The minimum absolute atomic E-state index is 0.126. The second-order valence-corrected chi connectivity index (χ2v) is 3.64. The molecule has 1 aromatic rings. The number of hydrogen-bond donors (Lipinski definition) is 3. The minimum atomic E-state index is -0.455. The molecule has 4 nitrogen and oxygen atoms in total. The first kappa shape index (κ1) is 10.5. The molecule has 0 aliphatic rings. The maximum atomic E-state index is 8.91. The highest BCUT2D eigenvalue weighted by atomic mass is 35.5. The monoisotopic (exact) mass is 203 g/mol. The van der Waals surface area contributed by atoms with Crippen LogP contribution >= 0.6 is 11.6 Å². The van der Waals surface area contributed by atoms with Crippen molar-refractivity contribution in [2.45, 2.75) is 25.8 Å². The average molecular weight is 204 g/mol. The second kappa shape index (κ2) is 4.09. The van der Waals surface area contributed by atoms with Gasteiger partial charge in [0.2, 0.25) is 0 Å². The van der Waals surface area contributed by atoms with E-state index >= 15 is 0 Å². The van der Waals surface area contributed by atoms with Crippen molar-refractivity contribution >= 4 is 11.6 Å². The summed E-state index contributed by atoms with van der Waals surface area (Å²) in [4.78, 5) is 0. The lowest BCUT2D eigenvalue weighted by Gasteiger charge is -2.11. The van der Waals surface area contributed by atoms with Crippen molar-refractivity contribution in [2.24, 2.45) is 5.73 Å². The molecule has 0 spiro atoms. The van der Waals surface area contributed by atoms with Crippen LogP contribution in [0.4, 0.5) is 0 Å². The van der Waals surface area contributed by atoms with Crippen LogP contribution in [0.2, 0.25) is 5.15 Å². The zero-order valence-corrected chi connectivity index (χ0v) is 8.47. The van der Waals surface area contributed by atoms with E-state index < -0.39 is 6.04 Å². The predicted octanol–water partition coefficient (Wildman–Crippen LogP) is 1.18. The number of aromatic nitrogens is 2. The molecule has 1 unspecified atom stereocenters. The van der Waals surface area contributed by atoms with Crippen LogP contribution < -0.4 is 5.73 Å². The Morgan fingerprint density at radius 1 is 1.62 bits per heavy atom. The molecule has 0 aliphatic carbocycles. The molecule has 1 aromatic heterocycles. The van der Waals surface area contributed by atoms with Crippen LogP contribution in [0.1, 0.15) is 37.1 Å². The third-order valence-electron chi connectivity index (χ3n) is 1.93. The van der Waals surface area contributed by atoms with Crippen molar-refractivity contribution in [3.05, 3.63) is 16.4 Å². The van der Waals surface area contributed by atoms with Crippen molar-refractivity contribution in [3.8, 4) is 0 Å². The van der Waals surface area contributed by atoms with Gasteiger partial charge < -0.3 is 10.8 Å². The summed E-state index contributed by atoms with van der Waals surface area (Å²) < 4.78 is 0. The summed E-state index contributed by atoms with van der Waals surface area (Å²) in [7, 11) is 0. The lowest BCUT2D eigenvalue weighted by atomic mass is 10.0. The Labute approximate surface area is 82.1 Å². The molecule has 1 rings (SSSR count). The maximum Gasteiger partial charge on any atom is 0.155 e. The molecule has 0 aliphatic heterocycles. The number of nitrogens with one attached hydrogen (secondary N) is 1. The van der Waals surface area contributed by atoms with E-state index in [9.17, 15) is 0 Å². The molecule has 74 valence electrons. The maximum absolute atomic E-state index is 8.91. The standard InChI is InChI=1S/C8H14ClN3O/c1-4(2)7-6(5(10)3-13)8(9)12-11-7/h4-5,13H,3,10H2,1-2H3,(H,11,12). The van der Waals surface area contributed by atoms with Crippen LogP contribution in [0.25, 0.3) is 0 Å². The Bertz CT molecular complexity index is 285. The van der Waals surface area contributed by atoms with Crippen molar-refractivity contribution in [1.82, 2.24) is 10.2 Å². The van der Waals surface area contributed by atoms with E-state index in [0.29, 0.717) is 5.15 Å². The summed E-state index contributed by atoms with van der Waals surface area (Å²) in [5, 5.41) is 15.9. The molecule has 13 heavy (non-hydrogen) atoms. The third-order valence-corrected chi connectivity index (χ3v) is 2.22. The molecule has 5 heteroatoms. The number of aliphatic hydroxyl groups excluding tert-OH is 1. The number of hydrogen-bond acceptors (Lipinski definition) is 3. The molecule has 0 bridgehead atoms. The quantitative estimate of drug-likeness (QED) is 0.691. The first-order chi connectivity index (χ1) is 6.07. The van der Waals surface area contributed by atoms with E-state index in [4.69, 9.17) is 22.4 Å². The van der Waals surface area contributed by atoms with Gasteiger partial charge in [-0.1, -0.05) is 25.4 Å². The zero-order chi connectivity index (χ0) is 10.0. The number of H-pyrrole nitrogens is 1. The zero-order valence-electron chi connectivity index (χ0n) is 7.71. The second-order valence-electron chi connectivity index (χ2n) is 3.29. The Hall–Kier alpha value is -0.580. The first-order valence-electron chi connectivity index (χ1n) is 4.18. The highest BCUT2D eigenvalue weighted by Crippen LogP contribution is 2.27. The van der Waals surface area contributed by atoms with Crippen LogP contribution in [0.15, 0.2) is 0 Å².